The molecule has 0 spiro atoms. The number of halogens is 1. The van der Waals surface area contributed by atoms with Gasteiger partial charge in [-0.1, -0.05) is 12.1 Å². The average molecular weight is 319 g/mol. The Kier molecular flexibility index (Phi) is 2.79. The van der Waals surface area contributed by atoms with Crippen molar-refractivity contribution in [2.45, 2.75) is 0 Å². The first-order valence-corrected chi connectivity index (χ1v) is 6.24. The van der Waals surface area contributed by atoms with Crippen LogP contribution in [0, 0.1) is 10.1 Å². The van der Waals surface area contributed by atoms with Gasteiger partial charge in [0.25, 0.3) is 5.69 Å². The summed E-state index contributed by atoms with van der Waals surface area (Å²) in [5, 5.41) is 10.7. The lowest BCUT2D eigenvalue weighted by atomic mass is 10.2. The summed E-state index contributed by atoms with van der Waals surface area (Å²) in [4.78, 5) is 14.6. The zero-order valence-electron chi connectivity index (χ0n) is 9.54. The van der Waals surface area contributed by atoms with E-state index in [0.29, 0.717) is 17.0 Å². The molecule has 6 heteroatoms. The highest BCUT2D eigenvalue weighted by Gasteiger charge is 2.14. The number of nitrogens with zero attached hydrogens (tertiary/aromatic N) is 2. The number of benzene rings is 2. The van der Waals surface area contributed by atoms with Gasteiger partial charge in [0.1, 0.15) is 5.52 Å². The van der Waals surface area contributed by atoms with Gasteiger partial charge >= 0.3 is 0 Å². The monoisotopic (exact) mass is 318 g/mol. The average Bonchev–Trinajstić information content (AvgIpc) is 2.81. The molecule has 0 unspecified atom stereocenters. The van der Waals surface area contributed by atoms with Gasteiger partial charge in [0.2, 0.25) is 5.89 Å². The molecule has 0 atom stereocenters. The molecule has 1 aromatic heterocycles. The molecule has 94 valence electrons. The van der Waals surface area contributed by atoms with Crippen molar-refractivity contribution >= 4 is 32.7 Å². The zero-order chi connectivity index (χ0) is 13.4. The number of rotatable bonds is 2. The highest BCUT2D eigenvalue weighted by atomic mass is 79.9. The molecule has 1 heterocycles. The minimum atomic E-state index is -0.458. The lowest BCUT2D eigenvalue weighted by Gasteiger charge is -1.97. The van der Waals surface area contributed by atoms with E-state index in [0.717, 1.165) is 10.0 Å². The van der Waals surface area contributed by atoms with Crippen LogP contribution < -0.4 is 0 Å². The lowest BCUT2D eigenvalue weighted by molar-refractivity contribution is -0.384. The summed E-state index contributed by atoms with van der Waals surface area (Å²) < 4.78 is 6.44. The normalized spacial score (nSPS) is 10.8. The molecule has 3 aromatic rings. The summed E-state index contributed by atoms with van der Waals surface area (Å²) in [5.74, 6) is 0.433. The van der Waals surface area contributed by atoms with Crippen LogP contribution in [0.4, 0.5) is 5.69 Å². The maximum absolute atomic E-state index is 10.7. The number of hydrogen-bond donors (Lipinski definition) is 0. The van der Waals surface area contributed by atoms with Crippen molar-refractivity contribution in [1.29, 1.82) is 0 Å². The van der Waals surface area contributed by atoms with Crippen molar-refractivity contribution in [3.8, 4) is 11.5 Å². The number of nitro benzene ring substituents is 1. The quantitative estimate of drug-likeness (QED) is 0.525. The van der Waals surface area contributed by atoms with Gasteiger partial charge in [-0.3, -0.25) is 10.1 Å². The Labute approximate surface area is 116 Å². The third-order valence-electron chi connectivity index (χ3n) is 2.69. The maximum atomic E-state index is 10.7. The summed E-state index contributed by atoms with van der Waals surface area (Å²) in [6.07, 6.45) is 0. The molecule has 0 amide bonds. The number of fused-ring (bicyclic) bond motifs is 1. The number of non-ortho nitro benzene ring substituents is 1. The number of aromatic nitrogens is 1. The van der Waals surface area contributed by atoms with Gasteiger partial charge in [-0.15, -0.1) is 0 Å². The Bertz CT molecular complexity index is 782. The van der Waals surface area contributed by atoms with E-state index in [1.165, 1.54) is 12.1 Å². The smallest absolute Gasteiger partial charge is 0.273 e. The third kappa shape index (κ3) is 2.10. The molecule has 3 rings (SSSR count). The zero-order valence-corrected chi connectivity index (χ0v) is 11.1. The SMILES string of the molecule is O=[N+]([O-])c1ccc2nc(-c3ccccc3Br)oc2c1. The van der Waals surface area contributed by atoms with E-state index >= 15 is 0 Å². The second kappa shape index (κ2) is 4.47. The van der Waals surface area contributed by atoms with Crippen LogP contribution in [0.3, 0.4) is 0 Å². The first-order valence-electron chi connectivity index (χ1n) is 5.45. The van der Waals surface area contributed by atoms with E-state index in [-0.39, 0.29) is 5.69 Å². The first kappa shape index (κ1) is 11.9. The first-order chi connectivity index (χ1) is 9.15. The Morgan fingerprint density at radius 2 is 2.00 bits per heavy atom. The Hall–Kier alpha value is -2.21. The Morgan fingerprint density at radius 3 is 2.74 bits per heavy atom. The molecule has 0 N–H and O–H groups in total. The van der Waals surface area contributed by atoms with Crippen LogP contribution in [0.2, 0.25) is 0 Å². The van der Waals surface area contributed by atoms with Crippen molar-refractivity contribution in [1.82, 2.24) is 4.98 Å². The van der Waals surface area contributed by atoms with Crippen LogP contribution in [-0.2, 0) is 0 Å². The van der Waals surface area contributed by atoms with Crippen LogP contribution in [0.1, 0.15) is 0 Å². The topological polar surface area (TPSA) is 69.2 Å². The molecule has 0 radical (unpaired) electrons. The lowest BCUT2D eigenvalue weighted by Crippen LogP contribution is -1.86. The van der Waals surface area contributed by atoms with Crippen LogP contribution in [0.15, 0.2) is 51.4 Å². The minimum absolute atomic E-state index is 0.0117. The fourth-order valence-corrected chi connectivity index (χ4v) is 2.23. The number of oxazole rings is 1. The predicted molar refractivity (Wildman–Crippen MR) is 73.8 cm³/mol. The molecule has 0 fully saturated rings. The molecule has 0 saturated carbocycles. The second-order valence-electron chi connectivity index (χ2n) is 3.91. The Morgan fingerprint density at radius 1 is 1.21 bits per heavy atom. The fourth-order valence-electron chi connectivity index (χ4n) is 1.78. The largest absolute Gasteiger partial charge is 0.436 e. The van der Waals surface area contributed by atoms with Crippen molar-refractivity contribution in [2.75, 3.05) is 0 Å². The van der Waals surface area contributed by atoms with Gasteiger partial charge in [0.05, 0.1) is 16.6 Å². The van der Waals surface area contributed by atoms with E-state index in [1.54, 1.807) is 6.07 Å². The molecule has 0 saturated heterocycles. The van der Waals surface area contributed by atoms with Crippen molar-refractivity contribution in [2.24, 2.45) is 0 Å². The van der Waals surface area contributed by atoms with E-state index in [1.807, 2.05) is 24.3 Å². The molecule has 2 aromatic carbocycles. The molecule has 0 aliphatic heterocycles. The van der Waals surface area contributed by atoms with Crippen LogP contribution in [0.5, 0.6) is 0 Å². The van der Waals surface area contributed by atoms with Crippen LogP contribution in [-0.4, -0.2) is 9.91 Å². The highest BCUT2D eigenvalue weighted by molar-refractivity contribution is 9.10. The second-order valence-corrected chi connectivity index (χ2v) is 4.76. The predicted octanol–water partition coefficient (Wildman–Crippen LogP) is 4.17. The number of nitro groups is 1. The van der Waals surface area contributed by atoms with Gasteiger partial charge in [-0.25, -0.2) is 4.98 Å². The maximum Gasteiger partial charge on any atom is 0.273 e. The Balaban J connectivity index is 2.17. The van der Waals surface area contributed by atoms with Gasteiger partial charge in [0.15, 0.2) is 5.58 Å². The summed E-state index contributed by atoms with van der Waals surface area (Å²) in [6, 6.07) is 11.9. The van der Waals surface area contributed by atoms with Gasteiger partial charge < -0.3 is 4.42 Å². The highest BCUT2D eigenvalue weighted by Crippen LogP contribution is 2.31. The van der Waals surface area contributed by atoms with Crippen molar-refractivity contribution in [3.63, 3.8) is 0 Å². The van der Waals surface area contributed by atoms with E-state index in [9.17, 15) is 10.1 Å². The van der Waals surface area contributed by atoms with Gasteiger partial charge in [0, 0.05) is 10.5 Å². The molecule has 0 bridgehead atoms. The summed E-state index contributed by atoms with van der Waals surface area (Å²) >= 11 is 3.42. The molecule has 0 aliphatic carbocycles. The molecule has 19 heavy (non-hydrogen) atoms. The molecule has 0 aliphatic rings. The van der Waals surface area contributed by atoms with Crippen molar-refractivity contribution < 1.29 is 9.34 Å². The fraction of sp³-hybridized carbons (Fsp3) is 0. The van der Waals surface area contributed by atoms with Gasteiger partial charge in [-0.2, -0.15) is 0 Å². The minimum Gasteiger partial charge on any atom is -0.436 e. The van der Waals surface area contributed by atoms with Crippen LogP contribution in [0.25, 0.3) is 22.6 Å². The van der Waals surface area contributed by atoms with E-state index in [4.69, 9.17) is 4.42 Å². The van der Waals surface area contributed by atoms with E-state index < -0.39 is 4.92 Å². The summed E-state index contributed by atoms with van der Waals surface area (Å²) in [6.45, 7) is 0. The van der Waals surface area contributed by atoms with E-state index in [2.05, 4.69) is 20.9 Å². The number of hydrogen-bond acceptors (Lipinski definition) is 4. The van der Waals surface area contributed by atoms with Gasteiger partial charge in [-0.05, 0) is 34.1 Å². The van der Waals surface area contributed by atoms with Crippen LogP contribution >= 0.6 is 15.9 Å². The standard InChI is InChI=1S/C13H7BrN2O3/c14-10-4-2-1-3-9(10)13-15-11-6-5-8(16(17)18)7-12(11)19-13/h1-7H. The third-order valence-corrected chi connectivity index (χ3v) is 3.38. The molecule has 5 nitrogen and oxygen atoms in total. The summed E-state index contributed by atoms with van der Waals surface area (Å²) in [5.41, 5.74) is 1.79. The van der Waals surface area contributed by atoms with Crippen molar-refractivity contribution in [3.05, 3.63) is 57.1 Å². The molecular weight excluding hydrogens is 312 g/mol. The summed E-state index contributed by atoms with van der Waals surface area (Å²) in [7, 11) is 0. The molecular formula is C13H7BrN2O3.